The summed E-state index contributed by atoms with van der Waals surface area (Å²) in [6, 6.07) is 0. The molecule has 60 valence electrons. The van der Waals surface area contributed by atoms with Crippen LogP contribution in [0.4, 0.5) is 0 Å². The molecule has 1 nitrogen and oxygen atoms in total. The summed E-state index contributed by atoms with van der Waals surface area (Å²) >= 11 is 0. The first-order valence-corrected chi connectivity index (χ1v) is 3.78. The van der Waals surface area contributed by atoms with Crippen molar-refractivity contribution in [1.29, 1.82) is 0 Å². The average Bonchev–Trinajstić information content (AvgIpc) is 1.89. The highest BCUT2D eigenvalue weighted by Crippen LogP contribution is 2.16. The van der Waals surface area contributed by atoms with Crippen molar-refractivity contribution in [3.63, 3.8) is 0 Å². The van der Waals surface area contributed by atoms with Crippen molar-refractivity contribution in [1.82, 2.24) is 0 Å². The van der Waals surface area contributed by atoms with Crippen molar-refractivity contribution in [2.75, 3.05) is 7.11 Å². The quantitative estimate of drug-likeness (QED) is 0.423. The summed E-state index contributed by atoms with van der Waals surface area (Å²) in [5.41, 5.74) is 0.0447. The Morgan fingerprint density at radius 1 is 1.50 bits per heavy atom. The summed E-state index contributed by atoms with van der Waals surface area (Å²) in [5, 5.41) is 0. The van der Waals surface area contributed by atoms with Crippen LogP contribution in [0.15, 0.2) is 12.7 Å². The van der Waals surface area contributed by atoms with Crippen LogP contribution in [0.1, 0.15) is 33.1 Å². The Morgan fingerprint density at radius 3 is 2.50 bits per heavy atom. The topological polar surface area (TPSA) is 9.23 Å². The third-order valence-electron chi connectivity index (χ3n) is 1.74. The van der Waals surface area contributed by atoms with Gasteiger partial charge in [-0.3, -0.25) is 0 Å². The van der Waals surface area contributed by atoms with Crippen molar-refractivity contribution >= 4 is 0 Å². The molecule has 0 saturated heterocycles. The highest BCUT2D eigenvalue weighted by atomic mass is 16.5. The molecule has 0 aliphatic heterocycles. The molecule has 0 aliphatic carbocycles. The number of allylic oxidation sites excluding steroid dienone is 1. The first kappa shape index (κ1) is 9.70. The van der Waals surface area contributed by atoms with E-state index in [1.807, 2.05) is 6.08 Å². The molecule has 0 atom stereocenters. The molecule has 0 N–H and O–H groups in total. The lowest BCUT2D eigenvalue weighted by Crippen LogP contribution is -2.21. The standard InChI is InChI=1S/C9H18O/c1-5-6-7-8-9(2,3)10-4/h5H,1,6-8H2,2-4H3. The number of hydrogen-bond acceptors (Lipinski definition) is 1. The lowest BCUT2D eigenvalue weighted by Gasteiger charge is -2.22. The van der Waals surface area contributed by atoms with Crippen LogP contribution in [0.5, 0.6) is 0 Å². The summed E-state index contributed by atoms with van der Waals surface area (Å²) in [5.74, 6) is 0. The molecule has 0 aliphatic rings. The van der Waals surface area contributed by atoms with Gasteiger partial charge in [-0.05, 0) is 33.1 Å². The third kappa shape index (κ3) is 4.57. The Labute approximate surface area is 64.1 Å². The zero-order valence-electron chi connectivity index (χ0n) is 7.31. The van der Waals surface area contributed by atoms with Crippen molar-refractivity contribution in [2.45, 2.75) is 38.7 Å². The Morgan fingerprint density at radius 2 is 2.10 bits per heavy atom. The minimum Gasteiger partial charge on any atom is -0.379 e. The number of methoxy groups -OCH3 is 1. The molecule has 0 heterocycles. The predicted molar refractivity (Wildman–Crippen MR) is 45.1 cm³/mol. The van der Waals surface area contributed by atoms with Gasteiger partial charge in [0.15, 0.2) is 0 Å². The fraction of sp³-hybridized carbons (Fsp3) is 0.778. The zero-order valence-corrected chi connectivity index (χ0v) is 7.31. The van der Waals surface area contributed by atoms with Crippen molar-refractivity contribution in [3.05, 3.63) is 12.7 Å². The van der Waals surface area contributed by atoms with Crippen molar-refractivity contribution in [2.24, 2.45) is 0 Å². The van der Waals surface area contributed by atoms with E-state index in [-0.39, 0.29) is 5.60 Å². The smallest absolute Gasteiger partial charge is 0.0622 e. The zero-order chi connectivity index (χ0) is 8.04. The first-order chi connectivity index (χ1) is 4.62. The summed E-state index contributed by atoms with van der Waals surface area (Å²) in [6.07, 6.45) is 5.32. The second-order valence-corrected chi connectivity index (χ2v) is 3.14. The molecule has 0 radical (unpaired) electrons. The van der Waals surface area contributed by atoms with Gasteiger partial charge in [-0.15, -0.1) is 6.58 Å². The van der Waals surface area contributed by atoms with E-state index in [4.69, 9.17) is 4.74 Å². The van der Waals surface area contributed by atoms with Crippen LogP contribution in [0.25, 0.3) is 0 Å². The van der Waals surface area contributed by atoms with E-state index in [0.717, 1.165) is 12.8 Å². The molecule has 0 rings (SSSR count). The summed E-state index contributed by atoms with van der Waals surface area (Å²) in [7, 11) is 1.76. The van der Waals surface area contributed by atoms with Crippen LogP contribution < -0.4 is 0 Å². The molecule has 0 bridgehead atoms. The molecule has 0 aromatic rings. The van der Waals surface area contributed by atoms with E-state index in [1.54, 1.807) is 7.11 Å². The first-order valence-electron chi connectivity index (χ1n) is 3.78. The van der Waals surface area contributed by atoms with Gasteiger partial charge in [-0.25, -0.2) is 0 Å². The fourth-order valence-electron chi connectivity index (χ4n) is 0.774. The number of ether oxygens (including phenoxy) is 1. The predicted octanol–water partition coefficient (Wildman–Crippen LogP) is 2.77. The van der Waals surface area contributed by atoms with E-state index < -0.39 is 0 Å². The number of rotatable bonds is 5. The van der Waals surface area contributed by atoms with Crippen LogP contribution in [-0.2, 0) is 4.74 Å². The molecule has 10 heavy (non-hydrogen) atoms. The monoisotopic (exact) mass is 142 g/mol. The van der Waals surface area contributed by atoms with E-state index >= 15 is 0 Å². The van der Waals surface area contributed by atoms with Crippen LogP contribution in [0, 0.1) is 0 Å². The SMILES string of the molecule is C=CCCCC(C)(C)OC. The fourth-order valence-corrected chi connectivity index (χ4v) is 0.774. The van der Waals surface area contributed by atoms with Gasteiger partial charge < -0.3 is 4.74 Å². The largest absolute Gasteiger partial charge is 0.379 e. The maximum absolute atomic E-state index is 5.25. The summed E-state index contributed by atoms with van der Waals surface area (Å²) in [4.78, 5) is 0. The maximum atomic E-state index is 5.25. The Hall–Kier alpha value is -0.300. The minimum atomic E-state index is 0.0447. The summed E-state index contributed by atoms with van der Waals surface area (Å²) < 4.78 is 5.25. The van der Waals surface area contributed by atoms with Crippen LogP contribution in [0.3, 0.4) is 0 Å². The molecule has 0 fully saturated rings. The van der Waals surface area contributed by atoms with Gasteiger partial charge in [0.05, 0.1) is 5.60 Å². The van der Waals surface area contributed by atoms with Crippen molar-refractivity contribution < 1.29 is 4.74 Å². The molecule has 0 aromatic carbocycles. The lowest BCUT2D eigenvalue weighted by molar-refractivity contribution is 0.0141. The van der Waals surface area contributed by atoms with Gasteiger partial charge in [-0.2, -0.15) is 0 Å². The van der Waals surface area contributed by atoms with Crippen LogP contribution in [-0.4, -0.2) is 12.7 Å². The van der Waals surface area contributed by atoms with Gasteiger partial charge in [-0.1, -0.05) is 6.08 Å². The highest BCUT2D eigenvalue weighted by molar-refractivity contribution is 4.72. The molecule has 0 aromatic heterocycles. The lowest BCUT2D eigenvalue weighted by atomic mass is 10.0. The highest BCUT2D eigenvalue weighted by Gasteiger charge is 2.14. The van der Waals surface area contributed by atoms with Gasteiger partial charge in [0.2, 0.25) is 0 Å². The van der Waals surface area contributed by atoms with E-state index in [2.05, 4.69) is 20.4 Å². The minimum absolute atomic E-state index is 0.0447. The van der Waals surface area contributed by atoms with E-state index in [9.17, 15) is 0 Å². The van der Waals surface area contributed by atoms with Gasteiger partial charge in [0.1, 0.15) is 0 Å². The van der Waals surface area contributed by atoms with Gasteiger partial charge in [0.25, 0.3) is 0 Å². The average molecular weight is 142 g/mol. The van der Waals surface area contributed by atoms with Crippen LogP contribution >= 0.6 is 0 Å². The van der Waals surface area contributed by atoms with Gasteiger partial charge >= 0.3 is 0 Å². The molecular formula is C9H18O. The van der Waals surface area contributed by atoms with E-state index in [0.29, 0.717) is 0 Å². The molecule has 0 unspecified atom stereocenters. The van der Waals surface area contributed by atoms with E-state index in [1.165, 1.54) is 6.42 Å². The molecule has 1 heteroatoms. The number of hydrogen-bond donors (Lipinski definition) is 0. The molecule has 0 spiro atoms. The van der Waals surface area contributed by atoms with Crippen molar-refractivity contribution in [3.8, 4) is 0 Å². The van der Waals surface area contributed by atoms with Crippen LogP contribution in [0.2, 0.25) is 0 Å². The maximum Gasteiger partial charge on any atom is 0.0622 e. The number of unbranched alkanes of at least 4 members (excludes halogenated alkanes) is 1. The Bertz CT molecular complexity index is 94.9. The van der Waals surface area contributed by atoms with Gasteiger partial charge in [0, 0.05) is 7.11 Å². The summed E-state index contributed by atoms with van der Waals surface area (Å²) in [6.45, 7) is 7.88. The molecular weight excluding hydrogens is 124 g/mol. The Kier molecular flexibility index (Phi) is 4.37. The Balaban J connectivity index is 3.36. The molecule has 0 amide bonds. The molecule has 0 saturated carbocycles. The third-order valence-corrected chi connectivity index (χ3v) is 1.74. The second-order valence-electron chi connectivity index (χ2n) is 3.14. The second kappa shape index (κ2) is 4.51. The normalized spacial score (nSPS) is 11.5.